The zero-order valence-corrected chi connectivity index (χ0v) is 14.8. The second-order valence-corrected chi connectivity index (χ2v) is 6.33. The van der Waals surface area contributed by atoms with Crippen molar-refractivity contribution in [2.75, 3.05) is 50.5 Å². The molecule has 0 radical (unpaired) electrons. The van der Waals surface area contributed by atoms with Crippen LogP contribution in [0.15, 0.2) is 6.20 Å². The van der Waals surface area contributed by atoms with Crippen LogP contribution < -0.4 is 10.6 Å². The molecule has 1 aliphatic rings. The molecule has 8 nitrogen and oxygen atoms in total. The predicted molar refractivity (Wildman–Crippen MR) is 95.1 cm³/mol. The summed E-state index contributed by atoms with van der Waals surface area (Å²) >= 11 is 0. The summed E-state index contributed by atoms with van der Waals surface area (Å²) in [5, 5.41) is 5.04. The lowest BCUT2D eigenvalue weighted by atomic mass is 10.1. The van der Waals surface area contributed by atoms with Gasteiger partial charge in [0.15, 0.2) is 5.65 Å². The van der Waals surface area contributed by atoms with Gasteiger partial charge in [0.05, 0.1) is 18.2 Å². The first-order valence-electron chi connectivity index (χ1n) is 8.57. The zero-order valence-electron chi connectivity index (χ0n) is 14.8. The zero-order chi connectivity index (χ0) is 17.1. The minimum Gasteiger partial charge on any atom is -0.383 e. The van der Waals surface area contributed by atoms with Gasteiger partial charge in [-0.2, -0.15) is 15.1 Å². The SMILES string of the molecule is CCCC1CN(c2nc(N)c3cnn(C)c3n2)CCN1CCOC. The summed E-state index contributed by atoms with van der Waals surface area (Å²) in [5.74, 6) is 1.20. The van der Waals surface area contributed by atoms with Gasteiger partial charge in [-0.25, -0.2) is 0 Å². The van der Waals surface area contributed by atoms with Gasteiger partial charge in [0.25, 0.3) is 0 Å². The molecular formula is C16H27N7O. The normalized spacial score (nSPS) is 19.3. The van der Waals surface area contributed by atoms with Gasteiger partial charge in [0.1, 0.15) is 5.82 Å². The molecule has 1 fully saturated rings. The standard InChI is InChI=1S/C16H27N7O/c1-4-5-12-11-23(7-6-22(12)8-9-24-3)16-19-14(17)13-10-18-21(2)15(13)20-16/h10,12H,4-9,11H2,1-3H3,(H2,17,19,20). The van der Waals surface area contributed by atoms with Crippen molar-refractivity contribution in [2.45, 2.75) is 25.8 Å². The molecule has 132 valence electrons. The highest BCUT2D eigenvalue weighted by atomic mass is 16.5. The molecule has 2 aromatic heterocycles. The summed E-state index contributed by atoms with van der Waals surface area (Å²) in [6, 6.07) is 0.492. The first-order chi connectivity index (χ1) is 11.6. The van der Waals surface area contributed by atoms with E-state index < -0.39 is 0 Å². The van der Waals surface area contributed by atoms with Crippen molar-refractivity contribution in [1.29, 1.82) is 0 Å². The highest BCUT2D eigenvalue weighted by Gasteiger charge is 2.28. The van der Waals surface area contributed by atoms with E-state index in [1.165, 1.54) is 0 Å². The fraction of sp³-hybridized carbons (Fsp3) is 0.688. The molecule has 0 spiro atoms. The number of nitrogens with zero attached hydrogens (tertiary/aromatic N) is 6. The Morgan fingerprint density at radius 2 is 2.17 bits per heavy atom. The van der Waals surface area contributed by atoms with Gasteiger partial charge >= 0.3 is 0 Å². The van der Waals surface area contributed by atoms with E-state index in [9.17, 15) is 0 Å². The van der Waals surface area contributed by atoms with Crippen molar-refractivity contribution in [2.24, 2.45) is 7.05 Å². The Bertz CT molecular complexity index is 686. The quantitative estimate of drug-likeness (QED) is 0.840. The monoisotopic (exact) mass is 333 g/mol. The highest BCUT2D eigenvalue weighted by molar-refractivity contribution is 5.86. The van der Waals surface area contributed by atoms with E-state index in [-0.39, 0.29) is 0 Å². The molecule has 0 amide bonds. The average molecular weight is 333 g/mol. The van der Waals surface area contributed by atoms with Gasteiger partial charge in [-0.05, 0) is 6.42 Å². The second-order valence-electron chi connectivity index (χ2n) is 6.33. The molecule has 0 aliphatic carbocycles. The number of ether oxygens (including phenoxy) is 1. The van der Waals surface area contributed by atoms with Crippen molar-refractivity contribution in [3.8, 4) is 0 Å². The van der Waals surface area contributed by atoms with Gasteiger partial charge in [-0.3, -0.25) is 9.58 Å². The number of hydrogen-bond acceptors (Lipinski definition) is 7. The molecular weight excluding hydrogens is 306 g/mol. The summed E-state index contributed by atoms with van der Waals surface area (Å²) in [7, 11) is 3.63. The van der Waals surface area contributed by atoms with Crippen LogP contribution in [-0.2, 0) is 11.8 Å². The Balaban J connectivity index is 1.81. The first kappa shape index (κ1) is 16.9. The number of fused-ring (bicyclic) bond motifs is 1. The van der Waals surface area contributed by atoms with Crippen LogP contribution in [0.2, 0.25) is 0 Å². The molecule has 0 aromatic carbocycles. The number of nitrogen functional groups attached to an aromatic ring is 1. The minimum atomic E-state index is 0.492. The number of nitrogens with two attached hydrogens (primary N) is 1. The number of hydrogen-bond donors (Lipinski definition) is 1. The number of rotatable bonds is 6. The van der Waals surface area contributed by atoms with E-state index >= 15 is 0 Å². The number of anilines is 2. The Morgan fingerprint density at radius 3 is 2.92 bits per heavy atom. The molecule has 0 saturated carbocycles. The molecule has 24 heavy (non-hydrogen) atoms. The van der Waals surface area contributed by atoms with Crippen LogP contribution in [0.4, 0.5) is 11.8 Å². The first-order valence-corrected chi connectivity index (χ1v) is 8.57. The van der Waals surface area contributed by atoms with E-state index in [1.807, 2.05) is 7.05 Å². The summed E-state index contributed by atoms with van der Waals surface area (Å²) < 4.78 is 6.99. The van der Waals surface area contributed by atoms with Gasteiger partial charge in [-0.15, -0.1) is 0 Å². The van der Waals surface area contributed by atoms with E-state index in [4.69, 9.17) is 15.5 Å². The summed E-state index contributed by atoms with van der Waals surface area (Å²) in [4.78, 5) is 14.0. The van der Waals surface area contributed by atoms with Crippen LogP contribution in [0.5, 0.6) is 0 Å². The molecule has 8 heteroatoms. The van der Waals surface area contributed by atoms with E-state index in [0.717, 1.165) is 56.7 Å². The van der Waals surface area contributed by atoms with Crippen LogP contribution in [-0.4, -0.2) is 70.6 Å². The Morgan fingerprint density at radius 1 is 1.33 bits per heavy atom. The van der Waals surface area contributed by atoms with E-state index in [1.54, 1.807) is 18.0 Å². The van der Waals surface area contributed by atoms with Gasteiger partial charge in [0, 0.05) is 46.4 Å². The van der Waals surface area contributed by atoms with Crippen molar-refractivity contribution in [3.05, 3.63) is 6.20 Å². The van der Waals surface area contributed by atoms with Crippen molar-refractivity contribution >= 4 is 22.8 Å². The largest absolute Gasteiger partial charge is 0.383 e. The minimum absolute atomic E-state index is 0.492. The maximum atomic E-state index is 6.11. The molecule has 0 bridgehead atoms. The van der Waals surface area contributed by atoms with Crippen molar-refractivity contribution < 1.29 is 4.74 Å². The fourth-order valence-corrected chi connectivity index (χ4v) is 3.36. The third-order valence-electron chi connectivity index (χ3n) is 4.70. The number of piperazine rings is 1. The average Bonchev–Trinajstić information content (AvgIpc) is 2.96. The molecule has 2 aromatic rings. The third-order valence-corrected chi connectivity index (χ3v) is 4.70. The Kier molecular flexibility index (Phi) is 5.15. The van der Waals surface area contributed by atoms with Crippen LogP contribution in [0.25, 0.3) is 11.0 Å². The third kappa shape index (κ3) is 3.29. The highest BCUT2D eigenvalue weighted by Crippen LogP contribution is 2.23. The summed E-state index contributed by atoms with van der Waals surface area (Å²) in [6.45, 7) is 6.76. The summed E-state index contributed by atoms with van der Waals surface area (Å²) in [6.07, 6.45) is 4.03. The van der Waals surface area contributed by atoms with E-state index in [2.05, 4.69) is 26.8 Å². The van der Waals surface area contributed by atoms with Crippen LogP contribution >= 0.6 is 0 Å². The molecule has 1 saturated heterocycles. The van der Waals surface area contributed by atoms with Crippen LogP contribution in [0.3, 0.4) is 0 Å². The smallest absolute Gasteiger partial charge is 0.229 e. The lowest BCUT2D eigenvalue weighted by Crippen LogP contribution is -2.54. The van der Waals surface area contributed by atoms with E-state index in [0.29, 0.717) is 17.8 Å². The number of methoxy groups -OCH3 is 1. The molecule has 1 atom stereocenters. The molecule has 3 heterocycles. The molecule has 1 unspecified atom stereocenters. The molecule has 3 rings (SSSR count). The predicted octanol–water partition coefficient (Wildman–Crippen LogP) is 0.883. The second kappa shape index (κ2) is 7.31. The van der Waals surface area contributed by atoms with Gasteiger partial charge < -0.3 is 15.4 Å². The van der Waals surface area contributed by atoms with Crippen LogP contribution in [0.1, 0.15) is 19.8 Å². The fourth-order valence-electron chi connectivity index (χ4n) is 3.36. The Hall–Kier alpha value is -1.93. The van der Waals surface area contributed by atoms with Crippen molar-refractivity contribution in [1.82, 2.24) is 24.6 Å². The number of aryl methyl sites for hydroxylation is 1. The summed E-state index contributed by atoms with van der Waals surface area (Å²) in [5.41, 5.74) is 6.89. The maximum absolute atomic E-state index is 6.11. The lowest BCUT2D eigenvalue weighted by molar-refractivity contribution is 0.106. The molecule has 1 aliphatic heterocycles. The topological polar surface area (TPSA) is 85.3 Å². The van der Waals surface area contributed by atoms with Gasteiger partial charge in [-0.1, -0.05) is 13.3 Å². The lowest BCUT2D eigenvalue weighted by Gasteiger charge is -2.41. The Labute approximate surface area is 142 Å². The van der Waals surface area contributed by atoms with Crippen LogP contribution in [0, 0.1) is 0 Å². The van der Waals surface area contributed by atoms with Gasteiger partial charge in [0.2, 0.25) is 5.95 Å². The maximum Gasteiger partial charge on any atom is 0.229 e. The van der Waals surface area contributed by atoms with Crippen molar-refractivity contribution in [3.63, 3.8) is 0 Å². The molecule has 2 N–H and O–H groups in total. The number of aromatic nitrogens is 4.